The Bertz CT molecular complexity index is 592. The summed E-state index contributed by atoms with van der Waals surface area (Å²) in [5, 5.41) is 3.89. The summed E-state index contributed by atoms with van der Waals surface area (Å²) < 4.78 is 10.7. The van der Waals surface area contributed by atoms with Crippen LogP contribution in [-0.2, 0) is 11.3 Å². The molecule has 1 amide bonds. The summed E-state index contributed by atoms with van der Waals surface area (Å²) in [6.45, 7) is 7.26. The van der Waals surface area contributed by atoms with Gasteiger partial charge in [-0.1, -0.05) is 24.9 Å². The maximum Gasteiger partial charge on any atom is 0.255 e. The molecule has 1 fully saturated rings. The smallest absolute Gasteiger partial charge is 0.255 e. The van der Waals surface area contributed by atoms with Crippen molar-refractivity contribution < 1.29 is 14.3 Å². The summed E-state index contributed by atoms with van der Waals surface area (Å²) in [6, 6.07) is 3.69. The van der Waals surface area contributed by atoms with E-state index in [1.807, 2.05) is 12.1 Å². The van der Waals surface area contributed by atoms with Crippen LogP contribution in [0.4, 0.5) is 0 Å². The van der Waals surface area contributed by atoms with Crippen molar-refractivity contribution in [1.29, 1.82) is 0 Å². The quantitative estimate of drug-likeness (QED) is 0.648. The van der Waals surface area contributed by atoms with Gasteiger partial charge in [-0.15, -0.1) is 0 Å². The Labute approximate surface area is 161 Å². The number of amides is 1. The highest BCUT2D eigenvalue weighted by Gasteiger charge is 2.15. The van der Waals surface area contributed by atoms with Crippen LogP contribution in [-0.4, -0.2) is 50.7 Å². The molecule has 0 radical (unpaired) electrons. The van der Waals surface area contributed by atoms with Gasteiger partial charge < -0.3 is 25.4 Å². The second-order valence-corrected chi connectivity index (χ2v) is 7.37. The number of piperidine rings is 1. The van der Waals surface area contributed by atoms with E-state index in [0.717, 1.165) is 18.7 Å². The third-order valence-electron chi connectivity index (χ3n) is 4.49. The lowest BCUT2D eigenvalue weighted by Gasteiger charge is -2.29. The van der Waals surface area contributed by atoms with Gasteiger partial charge in [0.25, 0.3) is 5.91 Å². The summed E-state index contributed by atoms with van der Waals surface area (Å²) in [5.74, 6) is 0.868. The maximum atomic E-state index is 10.9. The number of ether oxygens (including phenoxy) is 2. The fraction of sp³-hybridized carbons (Fsp3) is 0.632. The van der Waals surface area contributed by atoms with Gasteiger partial charge in [-0.05, 0) is 56.1 Å². The molecule has 0 aliphatic carbocycles. The van der Waals surface area contributed by atoms with Crippen molar-refractivity contribution in [3.63, 3.8) is 0 Å². The molecule has 0 saturated carbocycles. The fourth-order valence-corrected chi connectivity index (χ4v) is 3.56. The number of nitrogens with zero attached hydrogens (tertiary/aromatic N) is 1. The number of carbonyl (C=O) groups excluding carboxylic acids is 1. The zero-order valence-electron chi connectivity index (χ0n) is 15.7. The Morgan fingerprint density at radius 1 is 1.35 bits per heavy atom. The molecule has 26 heavy (non-hydrogen) atoms. The molecule has 0 bridgehead atoms. The highest BCUT2D eigenvalue weighted by atomic mass is 35.5. The third kappa shape index (κ3) is 6.67. The summed E-state index contributed by atoms with van der Waals surface area (Å²) in [6.07, 6.45) is 4.01. The third-order valence-corrected chi connectivity index (χ3v) is 4.77. The summed E-state index contributed by atoms with van der Waals surface area (Å²) >= 11 is 6.28. The van der Waals surface area contributed by atoms with Gasteiger partial charge in [0.2, 0.25) is 0 Å². The van der Waals surface area contributed by atoms with E-state index >= 15 is 0 Å². The summed E-state index contributed by atoms with van der Waals surface area (Å²) in [4.78, 5) is 13.5. The van der Waals surface area contributed by atoms with Crippen LogP contribution >= 0.6 is 11.6 Å². The number of nitrogens with two attached hydrogens (primary N) is 1. The number of carbonyl (C=O) groups is 1. The predicted octanol–water partition coefficient (Wildman–Crippen LogP) is 2.42. The van der Waals surface area contributed by atoms with Crippen molar-refractivity contribution in [3.05, 3.63) is 22.7 Å². The van der Waals surface area contributed by atoms with Gasteiger partial charge in [-0.25, -0.2) is 0 Å². The first-order chi connectivity index (χ1) is 12.5. The Balaban J connectivity index is 1.84. The van der Waals surface area contributed by atoms with Crippen LogP contribution in [0, 0.1) is 5.92 Å². The molecule has 1 aliphatic rings. The van der Waals surface area contributed by atoms with Crippen molar-refractivity contribution in [1.82, 2.24) is 10.2 Å². The standard InChI is InChI=1S/C19H30ClN3O3/c1-14(12-23-6-4-3-5-7-23)10-22-11-15-8-16(20)19(17(9-15)25-2)26-13-18(21)24/h8-9,14,22H,3-7,10-13H2,1-2H3,(H2,21,24). The molecule has 1 aromatic carbocycles. The summed E-state index contributed by atoms with van der Waals surface area (Å²) in [5.41, 5.74) is 6.11. The molecule has 1 aromatic rings. The van der Waals surface area contributed by atoms with Gasteiger partial charge in [0, 0.05) is 13.1 Å². The van der Waals surface area contributed by atoms with Gasteiger partial charge in [0.1, 0.15) is 0 Å². The number of rotatable bonds is 10. The van der Waals surface area contributed by atoms with E-state index in [2.05, 4.69) is 17.1 Å². The topological polar surface area (TPSA) is 76.8 Å². The van der Waals surface area contributed by atoms with Crippen LogP contribution in [0.2, 0.25) is 5.02 Å². The zero-order valence-corrected chi connectivity index (χ0v) is 16.5. The van der Waals surface area contributed by atoms with E-state index in [1.165, 1.54) is 32.4 Å². The molecular formula is C19H30ClN3O3. The van der Waals surface area contributed by atoms with Crippen LogP contribution in [0.5, 0.6) is 11.5 Å². The normalized spacial score (nSPS) is 16.3. The minimum atomic E-state index is -0.559. The first-order valence-corrected chi connectivity index (χ1v) is 9.58. The minimum absolute atomic E-state index is 0.234. The Hall–Kier alpha value is -1.50. The number of likely N-dealkylation sites (tertiary alicyclic amines) is 1. The minimum Gasteiger partial charge on any atom is -0.493 e. The van der Waals surface area contributed by atoms with Crippen molar-refractivity contribution in [3.8, 4) is 11.5 Å². The second kappa shape index (κ2) is 10.6. The highest BCUT2D eigenvalue weighted by molar-refractivity contribution is 6.32. The van der Waals surface area contributed by atoms with Gasteiger partial charge in [-0.3, -0.25) is 4.79 Å². The van der Waals surface area contributed by atoms with E-state index in [0.29, 0.717) is 29.0 Å². The van der Waals surface area contributed by atoms with Crippen molar-refractivity contribution in [2.24, 2.45) is 11.7 Å². The monoisotopic (exact) mass is 383 g/mol. The molecule has 3 N–H and O–H groups in total. The van der Waals surface area contributed by atoms with Gasteiger partial charge >= 0.3 is 0 Å². The average Bonchev–Trinajstić information content (AvgIpc) is 2.61. The lowest BCUT2D eigenvalue weighted by molar-refractivity contribution is -0.119. The number of hydrogen-bond donors (Lipinski definition) is 2. The van der Waals surface area contributed by atoms with Crippen LogP contribution in [0.15, 0.2) is 12.1 Å². The average molecular weight is 384 g/mol. The van der Waals surface area contributed by atoms with E-state index in [-0.39, 0.29) is 6.61 Å². The second-order valence-electron chi connectivity index (χ2n) is 6.96. The largest absolute Gasteiger partial charge is 0.493 e. The SMILES string of the molecule is COc1cc(CNCC(C)CN2CCCCC2)cc(Cl)c1OCC(N)=O. The summed E-state index contributed by atoms with van der Waals surface area (Å²) in [7, 11) is 1.54. The van der Waals surface area contributed by atoms with Crippen LogP contribution in [0.1, 0.15) is 31.7 Å². The number of halogens is 1. The van der Waals surface area contributed by atoms with E-state index in [9.17, 15) is 4.79 Å². The maximum absolute atomic E-state index is 10.9. The molecule has 0 spiro atoms. The lowest BCUT2D eigenvalue weighted by Crippen LogP contribution is -2.36. The molecule has 1 saturated heterocycles. The zero-order chi connectivity index (χ0) is 18.9. The Morgan fingerprint density at radius 2 is 2.08 bits per heavy atom. The van der Waals surface area contributed by atoms with Crippen LogP contribution < -0.4 is 20.5 Å². The number of nitrogens with one attached hydrogen (secondary N) is 1. The molecule has 6 nitrogen and oxygen atoms in total. The van der Waals surface area contributed by atoms with Crippen molar-refractivity contribution in [2.75, 3.05) is 39.9 Å². The molecule has 1 heterocycles. The Morgan fingerprint density at radius 3 is 2.73 bits per heavy atom. The van der Waals surface area contributed by atoms with E-state index < -0.39 is 5.91 Å². The van der Waals surface area contributed by atoms with E-state index in [4.69, 9.17) is 26.8 Å². The molecule has 2 rings (SSSR count). The first kappa shape index (κ1) is 20.8. The molecule has 1 atom stereocenters. The van der Waals surface area contributed by atoms with Crippen LogP contribution in [0.25, 0.3) is 0 Å². The highest BCUT2D eigenvalue weighted by Crippen LogP contribution is 2.36. The molecule has 1 unspecified atom stereocenters. The van der Waals surface area contributed by atoms with Gasteiger partial charge in [0.05, 0.1) is 12.1 Å². The number of hydrogen-bond acceptors (Lipinski definition) is 5. The lowest BCUT2D eigenvalue weighted by atomic mass is 10.1. The van der Waals surface area contributed by atoms with Crippen molar-refractivity contribution >= 4 is 17.5 Å². The molecule has 7 heteroatoms. The molecule has 1 aliphatic heterocycles. The van der Waals surface area contributed by atoms with Gasteiger partial charge in [0.15, 0.2) is 18.1 Å². The van der Waals surface area contributed by atoms with Gasteiger partial charge in [-0.2, -0.15) is 0 Å². The number of primary amides is 1. The Kier molecular flexibility index (Phi) is 8.48. The molecule has 0 aromatic heterocycles. The van der Waals surface area contributed by atoms with Crippen LogP contribution in [0.3, 0.4) is 0 Å². The molecular weight excluding hydrogens is 354 g/mol. The first-order valence-electron chi connectivity index (χ1n) is 9.20. The molecule has 146 valence electrons. The van der Waals surface area contributed by atoms with E-state index in [1.54, 1.807) is 7.11 Å². The number of methoxy groups -OCH3 is 1. The predicted molar refractivity (Wildman–Crippen MR) is 104 cm³/mol. The number of benzene rings is 1. The van der Waals surface area contributed by atoms with Crippen molar-refractivity contribution in [2.45, 2.75) is 32.7 Å². The fourth-order valence-electron chi connectivity index (χ4n) is 3.27.